The molecule has 1 aliphatic rings. The van der Waals surface area contributed by atoms with Crippen molar-refractivity contribution in [2.45, 2.75) is 18.9 Å². The Hall–Kier alpha value is -2.11. The Balaban J connectivity index is 2.37. The van der Waals surface area contributed by atoms with Gasteiger partial charge in [-0.25, -0.2) is 4.98 Å². The molecule has 4 N–H and O–H groups in total. The number of carbonyl (C=O) groups excluding carboxylic acids is 2. The minimum atomic E-state index is -0.670. The van der Waals surface area contributed by atoms with Gasteiger partial charge in [0.2, 0.25) is 0 Å². The molecule has 6 heteroatoms. The number of nitrogens with two attached hydrogens (primary N) is 2. The van der Waals surface area contributed by atoms with E-state index in [1.54, 1.807) is 0 Å². The van der Waals surface area contributed by atoms with Crippen LogP contribution in [0.25, 0.3) is 0 Å². The van der Waals surface area contributed by atoms with Crippen molar-refractivity contribution in [2.75, 3.05) is 0 Å². The molecule has 1 saturated carbocycles. The van der Waals surface area contributed by atoms with Crippen molar-refractivity contribution in [3.8, 4) is 5.75 Å². The summed E-state index contributed by atoms with van der Waals surface area (Å²) in [6.45, 7) is 0. The van der Waals surface area contributed by atoms with Crippen molar-refractivity contribution in [1.29, 1.82) is 0 Å². The van der Waals surface area contributed by atoms with Gasteiger partial charge in [0.05, 0.1) is 11.7 Å². The molecule has 6 nitrogen and oxygen atoms in total. The van der Waals surface area contributed by atoms with Crippen molar-refractivity contribution in [3.05, 3.63) is 23.5 Å². The average molecular weight is 221 g/mol. The topological polar surface area (TPSA) is 108 Å². The summed E-state index contributed by atoms with van der Waals surface area (Å²) in [4.78, 5) is 25.7. The molecule has 0 aromatic carbocycles. The molecule has 0 spiro atoms. The lowest BCUT2D eigenvalue weighted by molar-refractivity contribution is 0.0980. The van der Waals surface area contributed by atoms with Crippen LogP contribution in [0.1, 0.15) is 33.7 Å². The molecule has 16 heavy (non-hydrogen) atoms. The molecule has 0 atom stereocenters. The largest absolute Gasteiger partial charge is 0.489 e. The zero-order valence-corrected chi connectivity index (χ0v) is 8.47. The Labute approximate surface area is 91.6 Å². The highest BCUT2D eigenvalue weighted by Crippen LogP contribution is 2.29. The molecule has 84 valence electrons. The fourth-order valence-electron chi connectivity index (χ4n) is 1.22. The molecule has 1 aliphatic carbocycles. The summed E-state index contributed by atoms with van der Waals surface area (Å²) in [7, 11) is 0. The first-order valence-corrected chi connectivity index (χ1v) is 4.84. The minimum Gasteiger partial charge on any atom is -0.489 e. The highest BCUT2D eigenvalue weighted by molar-refractivity contribution is 5.97. The number of aromatic nitrogens is 1. The molecule has 0 bridgehead atoms. The van der Waals surface area contributed by atoms with Crippen LogP contribution in [0.5, 0.6) is 5.75 Å². The fraction of sp³-hybridized carbons (Fsp3) is 0.300. The number of primary amides is 2. The summed E-state index contributed by atoms with van der Waals surface area (Å²) in [5.41, 5.74) is 10.5. The third-order valence-corrected chi connectivity index (χ3v) is 2.20. The monoisotopic (exact) mass is 221 g/mol. The van der Waals surface area contributed by atoms with E-state index in [2.05, 4.69) is 4.98 Å². The number of hydrogen-bond donors (Lipinski definition) is 2. The smallest absolute Gasteiger partial charge is 0.267 e. The van der Waals surface area contributed by atoms with Gasteiger partial charge < -0.3 is 16.2 Å². The van der Waals surface area contributed by atoms with Crippen molar-refractivity contribution in [2.24, 2.45) is 11.5 Å². The highest BCUT2D eigenvalue weighted by Gasteiger charge is 2.26. The van der Waals surface area contributed by atoms with E-state index in [0.29, 0.717) is 0 Å². The standard InChI is InChI=1S/C10H11N3O3/c11-9(14)6-4-13-7(10(12)15)3-8(6)16-5-1-2-5/h3-5H,1-2H2,(H2,11,14)(H2,12,15). The third kappa shape index (κ3) is 2.10. The van der Waals surface area contributed by atoms with Crippen LogP contribution in [0.3, 0.4) is 0 Å². The van der Waals surface area contributed by atoms with E-state index in [0.717, 1.165) is 12.8 Å². The van der Waals surface area contributed by atoms with E-state index < -0.39 is 11.8 Å². The second kappa shape index (κ2) is 3.80. The molecule has 0 aliphatic heterocycles. The Kier molecular flexibility index (Phi) is 2.47. The van der Waals surface area contributed by atoms with Crippen LogP contribution in [0.15, 0.2) is 12.3 Å². The van der Waals surface area contributed by atoms with Gasteiger partial charge in [-0.05, 0) is 12.8 Å². The summed E-state index contributed by atoms with van der Waals surface area (Å²) in [6, 6.07) is 1.35. The van der Waals surface area contributed by atoms with Crippen LogP contribution in [-0.2, 0) is 0 Å². The van der Waals surface area contributed by atoms with Crippen LogP contribution in [0.4, 0.5) is 0 Å². The van der Waals surface area contributed by atoms with Crippen LogP contribution in [0, 0.1) is 0 Å². The molecular formula is C10H11N3O3. The van der Waals surface area contributed by atoms with E-state index in [4.69, 9.17) is 16.2 Å². The van der Waals surface area contributed by atoms with Crippen molar-refractivity contribution in [3.63, 3.8) is 0 Å². The molecule has 1 fully saturated rings. The van der Waals surface area contributed by atoms with Gasteiger partial charge in [-0.2, -0.15) is 0 Å². The van der Waals surface area contributed by atoms with Gasteiger partial charge in [0.1, 0.15) is 11.4 Å². The molecule has 1 aromatic rings. The number of hydrogen-bond acceptors (Lipinski definition) is 4. The lowest BCUT2D eigenvalue weighted by atomic mass is 10.2. The first-order valence-electron chi connectivity index (χ1n) is 4.84. The van der Waals surface area contributed by atoms with Crippen molar-refractivity contribution < 1.29 is 14.3 Å². The second-order valence-electron chi connectivity index (χ2n) is 3.61. The predicted molar refractivity (Wildman–Crippen MR) is 54.9 cm³/mol. The summed E-state index contributed by atoms with van der Waals surface area (Å²) in [6.07, 6.45) is 3.18. The lowest BCUT2D eigenvalue weighted by Gasteiger charge is -2.08. The van der Waals surface area contributed by atoms with Gasteiger partial charge in [-0.1, -0.05) is 0 Å². The SMILES string of the molecule is NC(=O)c1cc(OC2CC2)c(C(N)=O)cn1. The van der Waals surface area contributed by atoms with E-state index >= 15 is 0 Å². The van der Waals surface area contributed by atoms with E-state index in [-0.39, 0.29) is 23.1 Å². The number of nitrogens with zero attached hydrogens (tertiary/aromatic N) is 1. The molecule has 2 amide bonds. The molecule has 1 aromatic heterocycles. The maximum absolute atomic E-state index is 11.1. The zero-order chi connectivity index (χ0) is 11.7. The van der Waals surface area contributed by atoms with Gasteiger partial charge >= 0.3 is 0 Å². The first-order chi connectivity index (χ1) is 7.58. The first kappa shape index (κ1) is 10.4. The summed E-state index contributed by atoms with van der Waals surface area (Å²) in [5.74, 6) is -1.03. The number of pyridine rings is 1. The molecule has 1 heterocycles. The third-order valence-electron chi connectivity index (χ3n) is 2.20. The zero-order valence-electron chi connectivity index (χ0n) is 8.47. The van der Waals surface area contributed by atoms with Crippen LogP contribution >= 0.6 is 0 Å². The molecular weight excluding hydrogens is 210 g/mol. The highest BCUT2D eigenvalue weighted by atomic mass is 16.5. The summed E-state index contributed by atoms with van der Waals surface area (Å²) in [5, 5.41) is 0. The maximum Gasteiger partial charge on any atom is 0.267 e. The fourth-order valence-corrected chi connectivity index (χ4v) is 1.22. The quantitative estimate of drug-likeness (QED) is 0.735. The normalized spacial score (nSPS) is 14.5. The predicted octanol–water partition coefficient (Wildman–Crippen LogP) is -0.179. The summed E-state index contributed by atoms with van der Waals surface area (Å²) < 4.78 is 5.46. The molecule has 0 saturated heterocycles. The Morgan fingerprint density at radius 3 is 2.50 bits per heavy atom. The second-order valence-corrected chi connectivity index (χ2v) is 3.61. The minimum absolute atomic E-state index is 0.0562. The van der Waals surface area contributed by atoms with E-state index in [9.17, 15) is 9.59 Å². The average Bonchev–Trinajstić information content (AvgIpc) is 3.01. The number of amides is 2. The Morgan fingerprint density at radius 1 is 1.31 bits per heavy atom. The van der Waals surface area contributed by atoms with Gasteiger partial charge in [-0.3, -0.25) is 9.59 Å². The van der Waals surface area contributed by atoms with Crippen LogP contribution < -0.4 is 16.2 Å². The molecule has 0 radical (unpaired) electrons. The van der Waals surface area contributed by atoms with Crippen LogP contribution in [-0.4, -0.2) is 22.9 Å². The Bertz CT molecular complexity index is 455. The van der Waals surface area contributed by atoms with Gasteiger partial charge in [0.15, 0.2) is 0 Å². The number of carbonyl (C=O) groups is 2. The lowest BCUT2D eigenvalue weighted by Crippen LogP contribution is -2.18. The van der Waals surface area contributed by atoms with Crippen LogP contribution in [0.2, 0.25) is 0 Å². The van der Waals surface area contributed by atoms with Crippen molar-refractivity contribution in [1.82, 2.24) is 4.98 Å². The number of rotatable bonds is 4. The molecule has 0 unspecified atom stereocenters. The maximum atomic E-state index is 11.1. The van der Waals surface area contributed by atoms with E-state index in [1.165, 1.54) is 12.3 Å². The number of ether oxygens (including phenoxy) is 1. The van der Waals surface area contributed by atoms with Crippen molar-refractivity contribution >= 4 is 11.8 Å². The Morgan fingerprint density at radius 2 is 2.00 bits per heavy atom. The van der Waals surface area contributed by atoms with Gasteiger partial charge in [0, 0.05) is 12.3 Å². The van der Waals surface area contributed by atoms with Gasteiger partial charge in [0.25, 0.3) is 11.8 Å². The van der Waals surface area contributed by atoms with E-state index in [1.807, 2.05) is 0 Å². The summed E-state index contributed by atoms with van der Waals surface area (Å²) >= 11 is 0. The van der Waals surface area contributed by atoms with Gasteiger partial charge in [-0.15, -0.1) is 0 Å². The molecule has 2 rings (SSSR count).